The van der Waals surface area contributed by atoms with E-state index in [-0.39, 0.29) is 18.6 Å². The Labute approximate surface area is 163 Å². The fourth-order valence-electron chi connectivity index (χ4n) is 3.37. The molecule has 0 aromatic heterocycles. The van der Waals surface area contributed by atoms with Crippen LogP contribution in [0.1, 0.15) is 69.5 Å². The maximum Gasteiger partial charge on any atom is 0.236 e. The number of sulfonamides is 1. The molecule has 0 saturated heterocycles. The molecular weight excluding hydrogens is 362 g/mol. The number of benzene rings is 1. The van der Waals surface area contributed by atoms with E-state index in [4.69, 9.17) is 5.73 Å². The predicted octanol–water partition coefficient (Wildman–Crippen LogP) is 2.42. The second-order valence-electron chi connectivity index (χ2n) is 8.07. The van der Waals surface area contributed by atoms with Gasteiger partial charge in [-0.1, -0.05) is 45.0 Å². The summed E-state index contributed by atoms with van der Waals surface area (Å²) in [6, 6.07) is 7.54. The van der Waals surface area contributed by atoms with Crippen molar-refractivity contribution in [3.05, 3.63) is 35.4 Å². The normalized spacial score (nSPS) is 21.8. The smallest absolute Gasteiger partial charge is 0.236 e. The molecule has 7 heteroatoms. The molecule has 1 aromatic rings. The number of hydrogen-bond acceptors (Lipinski definition) is 4. The number of nitrogens with one attached hydrogen (secondary N) is 2. The Balaban J connectivity index is 1.78. The van der Waals surface area contributed by atoms with E-state index in [9.17, 15) is 13.2 Å². The van der Waals surface area contributed by atoms with Gasteiger partial charge in [0.05, 0.1) is 0 Å². The Bertz CT molecular complexity index is 708. The maximum atomic E-state index is 12.2. The zero-order valence-electron chi connectivity index (χ0n) is 16.6. The molecule has 1 saturated carbocycles. The molecule has 1 aromatic carbocycles. The van der Waals surface area contributed by atoms with Crippen molar-refractivity contribution in [2.24, 2.45) is 11.7 Å². The van der Waals surface area contributed by atoms with Gasteiger partial charge in [0.1, 0.15) is 5.75 Å². The van der Waals surface area contributed by atoms with Crippen LogP contribution in [-0.2, 0) is 14.8 Å². The summed E-state index contributed by atoms with van der Waals surface area (Å²) in [5.41, 5.74) is 8.26. The molecule has 0 bridgehead atoms. The number of nitrogens with two attached hydrogens (primary N) is 1. The van der Waals surface area contributed by atoms with Crippen LogP contribution in [0.25, 0.3) is 0 Å². The Morgan fingerprint density at radius 3 is 2.22 bits per heavy atom. The summed E-state index contributed by atoms with van der Waals surface area (Å²) in [7, 11) is -3.63. The lowest BCUT2D eigenvalue weighted by Gasteiger charge is -2.26. The molecule has 1 unspecified atom stereocenters. The van der Waals surface area contributed by atoms with Crippen LogP contribution in [0.2, 0.25) is 0 Å². The van der Waals surface area contributed by atoms with Crippen LogP contribution in [0.3, 0.4) is 0 Å². The first kappa shape index (κ1) is 21.9. The number of carbonyl (C=O) groups is 1. The van der Waals surface area contributed by atoms with Crippen molar-refractivity contribution < 1.29 is 13.2 Å². The van der Waals surface area contributed by atoms with Crippen molar-refractivity contribution in [1.82, 2.24) is 10.0 Å². The molecule has 1 aliphatic carbocycles. The quantitative estimate of drug-likeness (QED) is 0.629. The van der Waals surface area contributed by atoms with Crippen molar-refractivity contribution in [2.45, 2.75) is 64.5 Å². The monoisotopic (exact) mass is 395 g/mol. The molecule has 1 amide bonds. The zero-order valence-corrected chi connectivity index (χ0v) is 17.4. The summed E-state index contributed by atoms with van der Waals surface area (Å²) < 4.78 is 27.1. The number of carbonyl (C=O) groups excluding carboxylic acids is 1. The molecule has 1 atom stereocenters. The summed E-state index contributed by atoms with van der Waals surface area (Å²) in [5.74, 6) is 0.00375. The van der Waals surface area contributed by atoms with E-state index >= 15 is 0 Å². The molecule has 0 spiro atoms. The fraction of sp³-hybridized carbons (Fsp3) is 0.650. The van der Waals surface area contributed by atoms with Gasteiger partial charge in [-0.2, -0.15) is 0 Å². The van der Waals surface area contributed by atoms with Gasteiger partial charge in [0.2, 0.25) is 15.9 Å². The highest BCUT2D eigenvalue weighted by molar-refractivity contribution is 7.90. The van der Waals surface area contributed by atoms with E-state index in [1.165, 1.54) is 5.56 Å². The first-order chi connectivity index (χ1) is 12.7. The molecule has 0 heterocycles. The third kappa shape index (κ3) is 7.24. The summed E-state index contributed by atoms with van der Waals surface area (Å²) in [6.45, 7) is 6.63. The average Bonchev–Trinajstić information content (AvgIpc) is 2.61. The van der Waals surface area contributed by atoms with Gasteiger partial charge in [0.15, 0.2) is 0 Å². The molecule has 0 aliphatic heterocycles. The third-order valence-corrected chi connectivity index (χ3v) is 6.57. The SMILES string of the molecule is CC1CCC(NS(=O)(=O)CC(=O)NCC(N)c2ccc(C(C)C)cc2)CC1. The third-order valence-electron chi connectivity index (χ3n) is 5.23. The molecular formula is C20H33N3O3S. The first-order valence-corrected chi connectivity index (χ1v) is 11.4. The summed E-state index contributed by atoms with van der Waals surface area (Å²) in [5, 5.41) is 2.64. The minimum atomic E-state index is -3.63. The van der Waals surface area contributed by atoms with E-state index in [1.54, 1.807) is 0 Å². The highest BCUT2D eigenvalue weighted by Gasteiger charge is 2.24. The molecule has 152 valence electrons. The molecule has 4 N–H and O–H groups in total. The summed E-state index contributed by atoms with van der Waals surface area (Å²) in [4.78, 5) is 12.0. The van der Waals surface area contributed by atoms with Crippen molar-refractivity contribution in [1.29, 1.82) is 0 Å². The topological polar surface area (TPSA) is 101 Å². The molecule has 0 radical (unpaired) electrons. The Kier molecular flexibility index (Phi) is 7.82. The van der Waals surface area contributed by atoms with E-state index in [1.807, 2.05) is 24.3 Å². The van der Waals surface area contributed by atoms with E-state index in [0.29, 0.717) is 11.8 Å². The van der Waals surface area contributed by atoms with Gasteiger partial charge in [-0.3, -0.25) is 4.79 Å². The molecule has 1 fully saturated rings. The zero-order chi connectivity index (χ0) is 20.0. The van der Waals surface area contributed by atoms with Crippen molar-refractivity contribution in [3.63, 3.8) is 0 Å². The Morgan fingerprint density at radius 2 is 1.67 bits per heavy atom. The van der Waals surface area contributed by atoms with E-state index in [0.717, 1.165) is 31.2 Å². The van der Waals surface area contributed by atoms with Gasteiger partial charge >= 0.3 is 0 Å². The van der Waals surface area contributed by atoms with Gasteiger partial charge in [-0.15, -0.1) is 0 Å². The van der Waals surface area contributed by atoms with E-state index < -0.39 is 21.7 Å². The lowest BCUT2D eigenvalue weighted by molar-refractivity contribution is -0.118. The van der Waals surface area contributed by atoms with Gasteiger partial charge in [0, 0.05) is 18.6 Å². The maximum absolute atomic E-state index is 12.2. The predicted molar refractivity (Wildman–Crippen MR) is 109 cm³/mol. The average molecular weight is 396 g/mol. The summed E-state index contributed by atoms with van der Waals surface area (Å²) in [6.07, 6.45) is 3.70. The largest absolute Gasteiger partial charge is 0.353 e. The standard InChI is InChI=1S/C20H33N3O3S/c1-14(2)16-6-8-17(9-7-16)19(21)12-22-20(24)13-27(25,26)23-18-10-4-15(3)5-11-18/h6-9,14-15,18-19,23H,4-5,10-13,21H2,1-3H3,(H,22,24). The van der Waals surface area contributed by atoms with Crippen LogP contribution in [0.15, 0.2) is 24.3 Å². The number of amides is 1. The molecule has 6 nitrogen and oxygen atoms in total. The Hall–Kier alpha value is -1.44. The molecule has 2 rings (SSSR count). The van der Waals surface area contributed by atoms with Crippen LogP contribution in [0.5, 0.6) is 0 Å². The van der Waals surface area contributed by atoms with Crippen LogP contribution >= 0.6 is 0 Å². The van der Waals surface area contributed by atoms with Crippen molar-refractivity contribution in [3.8, 4) is 0 Å². The van der Waals surface area contributed by atoms with Gasteiger partial charge in [-0.05, 0) is 48.6 Å². The van der Waals surface area contributed by atoms with Crippen molar-refractivity contribution in [2.75, 3.05) is 12.3 Å². The van der Waals surface area contributed by atoms with Gasteiger partial charge in [-0.25, -0.2) is 13.1 Å². The second kappa shape index (κ2) is 9.66. The lowest BCUT2D eigenvalue weighted by Crippen LogP contribution is -2.43. The van der Waals surface area contributed by atoms with Crippen LogP contribution in [-0.4, -0.2) is 32.7 Å². The lowest BCUT2D eigenvalue weighted by atomic mass is 9.88. The van der Waals surface area contributed by atoms with Crippen molar-refractivity contribution >= 4 is 15.9 Å². The van der Waals surface area contributed by atoms with Gasteiger partial charge < -0.3 is 11.1 Å². The highest BCUT2D eigenvalue weighted by Crippen LogP contribution is 2.23. The molecule has 1 aliphatic rings. The van der Waals surface area contributed by atoms with Gasteiger partial charge in [0.25, 0.3) is 0 Å². The van der Waals surface area contributed by atoms with Crippen LogP contribution < -0.4 is 15.8 Å². The van der Waals surface area contributed by atoms with Crippen LogP contribution in [0.4, 0.5) is 0 Å². The number of rotatable bonds is 8. The Morgan fingerprint density at radius 1 is 1.11 bits per heavy atom. The van der Waals surface area contributed by atoms with Crippen LogP contribution in [0, 0.1) is 5.92 Å². The minimum absolute atomic E-state index is 0.0549. The fourth-order valence-corrected chi connectivity index (χ4v) is 4.64. The first-order valence-electron chi connectivity index (χ1n) is 9.78. The van der Waals surface area contributed by atoms with E-state index in [2.05, 4.69) is 30.8 Å². The number of hydrogen-bond donors (Lipinski definition) is 3. The second-order valence-corrected chi connectivity index (χ2v) is 9.82. The highest BCUT2D eigenvalue weighted by atomic mass is 32.2. The minimum Gasteiger partial charge on any atom is -0.353 e. The summed E-state index contributed by atoms with van der Waals surface area (Å²) >= 11 is 0. The molecule has 27 heavy (non-hydrogen) atoms.